The maximum atomic E-state index is 13.5. The number of aryl methyl sites for hydroxylation is 1. The molecule has 0 saturated carbocycles. The van der Waals surface area contributed by atoms with Gasteiger partial charge in [0, 0.05) is 23.9 Å². The standard InChI is InChI=1S/C21H17FN4O/c1-14-8-9-16(22)11-17(14)21(27)24-12-15-5-4-10-23-20(15)26-13-25-18-6-2-3-7-19(18)26/h2-11,13H,12H2,1H3,(H,24,27). The highest BCUT2D eigenvalue weighted by molar-refractivity contribution is 5.95. The fourth-order valence-electron chi connectivity index (χ4n) is 3.02. The van der Waals surface area contributed by atoms with Crippen LogP contribution in [-0.2, 0) is 6.54 Å². The van der Waals surface area contributed by atoms with Crippen molar-refractivity contribution in [3.05, 3.63) is 89.6 Å². The number of para-hydroxylation sites is 2. The van der Waals surface area contributed by atoms with E-state index in [2.05, 4.69) is 15.3 Å². The van der Waals surface area contributed by atoms with Gasteiger partial charge in [0.1, 0.15) is 18.0 Å². The highest BCUT2D eigenvalue weighted by atomic mass is 19.1. The van der Waals surface area contributed by atoms with Crippen LogP contribution in [0.2, 0.25) is 0 Å². The van der Waals surface area contributed by atoms with Gasteiger partial charge in [-0.1, -0.05) is 24.3 Å². The second kappa shape index (κ2) is 6.99. The molecule has 0 aliphatic rings. The summed E-state index contributed by atoms with van der Waals surface area (Å²) < 4.78 is 15.4. The molecule has 1 N–H and O–H groups in total. The molecule has 27 heavy (non-hydrogen) atoms. The Morgan fingerprint density at radius 3 is 2.85 bits per heavy atom. The largest absolute Gasteiger partial charge is 0.348 e. The summed E-state index contributed by atoms with van der Waals surface area (Å²) in [6, 6.07) is 15.7. The lowest BCUT2D eigenvalue weighted by Crippen LogP contribution is -2.24. The first-order valence-corrected chi connectivity index (χ1v) is 8.54. The number of carbonyl (C=O) groups is 1. The van der Waals surface area contributed by atoms with Gasteiger partial charge in [0.25, 0.3) is 5.91 Å². The normalized spacial score (nSPS) is 10.9. The van der Waals surface area contributed by atoms with Gasteiger partial charge < -0.3 is 5.32 Å². The molecule has 1 amide bonds. The van der Waals surface area contributed by atoms with Crippen molar-refractivity contribution < 1.29 is 9.18 Å². The first-order chi connectivity index (χ1) is 13.1. The molecule has 0 unspecified atom stereocenters. The van der Waals surface area contributed by atoms with Gasteiger partial charge in [-0.3, -0.25) is 9.36 Å². The van der Waals surface area contributed by atoms with E-state index in [9.17, 15) is 9.18 Å². The van der Waals surface area contributed by atoms with E-state index >= 15 is 0 Å². The minimum absolute atomic E-state index is 0.268. The number of fused-ring (bicyclic) bond motifs is 1. The van der Waals surface area contributed by atoms with E-state index in [4.69, 9.17) is 0 Å². The van der Waals surface area contributed by atoms with Gasteiger partial charge in [-0.2, -0.15) is 0 Å². The Balaban J connectivity index is 1.62. The van der Waals surface area contributed by atoms with Crippen molar-refractivity contribution in [1.29, 1.82) is 0 Å². The first-order valence-electron chi connectivity index (χ1n) is 8.54. The van der Waals surface area contributed by atoms with E-state index in [1.807, 2.05) is 41.0 Å². The van der Waals surface area contributed by atoms with Crippen molar-refractivity contribution in [1.82, 2.24) is 19.9 Å². The number of imidazole rings is 1. The van der Waals surface area contributed by atoms with Crippen LogP contribution in [-0.4, -0.2) is 20.4 Å². The minimum atomic E-state index is -0.433. The molecule has 0 saturated heterocycles. The van der Waals surface area contributed by atoms with Crippen LogP contribution in [0.25, 0.3) is 16.9 Å². The highest BCUT2D eigenvalue weighted by Gasteiger charge is 2.13. The second-order valence-electron chi connectivity index (χ2n) is 6.23. The lowest BCUT2D eigenvalue weighted by atomic mass is 10.1. The molecule has 0 fully saturated rings. The molecule has 0 bridgehead atoms. The summed E-state index contributed by atoms with van der Waals surface area (Å²) in [7, 11) is 0. The van der Waals surface area contributed by atoms with Crippen LogP contribution in [0.4, 0.5) is 4.39 Å². The summed E-state index contributed by atoms with van der Waals surface area (Å²) in [5.74, 6) is -0.0579. The quantitative estimate of drug-likeness (QED) is 0.602. The smallest absolute Gasteiger partial charge is 0.251 e. The third kappa shape index (κ3) is 3.29. The maximum absolute atomic E-state index is 13.5. The molecule has 0 aliphatic carbocycles. The average Bonchev–Trinajstić information content (AvgIpc) is 3.12. The van der Waals surface area contributed by atoms with Gasteiger partial charge in [-0.05, 0) is 42.8 Å². The Morgan fingerprint density at radius 2 is 1.96 bits per heavy atom. The molecule has 0 spiro atoms. The molecule has 2 heterocycles. The van der Waals surface area contributed by atoms with Gasteiger partial charge in [-0.25, -0.2) is 14.4 Å². The predicted molar refractivity (Wildman–Crippen MR) is 101 cm³/mol. The van der Waals surface area contributed by atoms with Gasteiger partial charge >= 0.3 is 0 Å². The molecule has 2 aromatic carbocycles. The van der Waals surface area contributed by atoms with Gasteiger partial charge in [-0.15, -0.1) is 0 Å². The molecule has 4 rings (SSSR count). The summed E-state index contributed by atoms with van der Waals surface area (Å²) in [6.45, 7) is 2.05. The van der Waals surface area contributed by atoms with Crippen LogP contribution in [0.3, 0.4) is 0 Å². The number of rotatable bonds is 4. The van der Waals surface area contributed by atoms with Gasteiger partial charge in [0.05, 0.1) is 11.0 Å². The van der Waals surface area contributed by atoms with Crippen molar-refractivity contribution in [2.75, 3.05) is 0 Å². The molecule has 0 atom stereocenters. The van der Waals surface area contributed by atoms with Crippen LogP contribution in [0.15, 0.2) is 67.1 Å². The van der Waals surface area contributed by atoms with E-state index in [0.29, 0.717) is 11.4 Å². The van der Waals surface area contributed by atoms with E-state index < -0.39 is 5.82 Å². The topological polar surface area (TPSA) is 59.8 Å². The number of nitrogens with one attached hydrogen (secondary N) is 1. The Kier molecular flexibility index (Phi) is 4.38. The lowest BCUT2D eigenvalue weighted by molar-refractivity contribution is 0.0950. The summed E-state index contributed by atoms with van der Waals surface area (Å²) in [4.78, 5) is 21.3. The molecule has 2 aromatic heterocycles. The van der Waals surface area contributed by atoms with Crippen LogP contribution in [0.5, 0.6) is 0 Å². The van der Waals surface area contributed by atoms with Gasteiger partial charge in [0.15, 0.2) is 0 Å². The second-order valence-corrected chi connectivity index (χ2v) is 6.23. The van der Waals surface area contributed by atoms with Crippen LogP contribution >= 0.6 is 0 Å². The number of hydrogen-bond donors (Lipinski definition) is 1. The van der Waals surface area contributed by atoms with Crippen molar-refractivity contribution in [2.24, 2.45) is 0 Å². The Hall–Kier alpha value is -3.54. The monoisotopic (exact) mass is 360 g/mol. The third-order valence-corrected chi connectivity index (χ3v) is 4.43. The molecule has 134 valence electrons. The number of halogens is 1. The van der Waals surface area contributed by atoms with Crippen molar-refractivity contribution in [3.63, 3.8) is 0 Å². The van der Waals surface area contributed by atoms with E-state index in [-0.39, 0.29) is 12.5 Å². The number of aromatic nitrogens is 3. The number of pyridine rings is 1. The van der Waals surface area contributed by atoms with Gasteiger partial charge in [0.2, 0.25) is 0 Å². The number of hydrogen-bond acceptors (Lipinski definition) is 3. The molecule has 0 radical (unpaired) electrons. The number of carbonyl (C=O) groups excluding carboxylic acids is 1. The molecular formula is C21H17FN4O. The zero-order chi connectivity index (χ0) is 18.8. The Bertz CT molecular complexity index is 1140. The SMILES string of the molecule is Cc1ccc(F)cc1C(=O)NCc1cccnc1-n1cnc2ccccc21. The van der Waals surface area contributed by atoms with Crippen LogP contribution in [0.1, 0.15) is 21.5 Å². The number of nitrogens with zero attached hydrogens (tertiary/aromatic N) is 3. The zero-order valence-electron chi connectivity index (χ0n) is 14.7. The number of amides is 1. The Morgan fingerprint density at radius 1 is 1.11 bits per heavy atom. The summed E-state index contributed by atoms with van der Waals surface area (Å²) in [5.41, 5.74) is 3.69. The molecular weight excluding hydrogens is 343 g/mol. The van der Waals surface area contributed by atoms with E-state index in [0.717, 1.165) is 22.2 Å². The summed E-state index contributed by atoms with van der Waals surface area (Å²) >= 11 is 0. The fraction of sp³-hybridized carbons (Fsp3) is 0.0952. The predicted octanol–water partition coefficient (Wildman–Crippen LogP) is 3.80. The molecule has 5 nitrogen and oxygen atoms in total. The summed E-state index contributed by atoms with van der Waals surface area (Å²) in [5, 5.41) is 2.85. The van der Waals surface area contributed by atoms with Crippen molar-refractivity contribution in [2.45, 2.75) is 13.5 Å². The minimum Gasteiger partial charge on any atom is -0.348 e. The van der Waals surface area contributed by atoms with E-state index in [1.54, 1.807) is 25.5 Å². The maximum Gasteiger partial charge on any atom is 0.251 e. The fourth-order valence-corrected chi connectivity index (χ4v) is 3.02. The number of benzene rings is 2. The Labute approximate surface area is 155 Å². The lowest BCUT2D eigenvalue weighted by Gasteiger charge is -2.12. The highest BCUT2D eigenvalue weighted by Crippen LogP contribution is 2.19. The van der Waals surface area contributed by atoms with Crippen molar-refractivity contribution >= 4 is 16.9 Å². The van der Waals surface area contributed by atoms with Crippen molar-refractivity contribution in [3.8, 4) is 5.82 Å². The first kappa shape index (κ1) is 16.9. The summed E-state index contributed by atoms with van der Waals surface area (Å²) in [6.07, 6.45) is 3.42. The van der Waals surface area contributed by atoms with Crippen LogP contribution in [0, 0.1) is 12.7 Å². The van der Waals surface area contributed by atoms with Crippen LogP contribution < -0.4 is 5.32 Å². The molecule has 6 heteroatoms. The molecule has 4 aromatic rings. The van der Waals surface area contributed by atoms with E-state index in [1.165, 1.54) is 12.1 Å². The average molecular weight is 360 g/mol. The zero-order valence-corrected chi connectivity index (χ0v) is 14.7. The third-order valence-electron chi connectivity index (χ3n) is 4.43. The molecule has 0 aliphatic heterocycles.